The molecule has 0 fully saturated rings. The van der Waals surface area contributed by atoms with Gasteiger partial charge in [0.15, 0.2) is 16.9 Å². The smallest absolute Gasteiger partial charge is 0.416 e. The topological polar surface area (TPSA) is 283 Å². The van der Waals surface area contributed by atoms with E-state index in [4.69, 9.17) is 61.8 Å². The molecule has 12 aromatic heterocycles. The van der Waals surface area contributed by atoms with Crippen LogP contribution in [0.4, 0.5) is 52.6 Å². The predicted molar refractivity (Wildman–Crippen MR) is 338 cm³/mol. The minimum absolute atomic E-state index is 0.0391. The molecular weight excluding hydrogens is 1360 g/mol. The molecule has 12 heterocycles. The first-order valence-electron chi connectivity index (χ1n) is 27.2. The van der Waals surface area contributed by atoms with Gasteiger partial charge in [0.2, 0.25) is 17.6 Å². The molecule has 1 atom stereocenters. The molecule has 12 aromatic rings. The number of halogens is 10. The molecule has 12 rings (SSSR count). The molecule has 3 N–H and O–H groups in total. The summed E-state index contributed by atoms with van der Waals surface area (Å²) < 4.78 is 127. The number of hydrogen-bond acceptors (Lipinski definition) is 20. The number of ether oxygens (including phenoxy) is 3. The number of aromatic nitrogens is 15. The van der Waals surface area contributed by atoms with Gasteiger partial charge in [0.25, 0.3) is 27.5 Å². The maximum Gasteiger partial charge on any atom is 0.416 e. The summed E-state index contributed by atoms with van der Waals surface area (Å²) in [6.45, 7) is 3.23. The van der Waals surface area contributed by atoms with Crippen LogP contribution in [0.15, 0.2) is 166 Å². The monoisotopic (exact) mass is 1390 g/mol. The van der Waals surface area contributed by atoms with Crippen LogP contribution in [-0.2, 0) is 32.7 Å². The Hall–Kier alpha value is -11.2. The fourth-order valence-electron chi connectivity index (χ4n) is 8.55. The first-order valence-corrected chi connectivity index (χ1v) is 28.8. The Morgan fingerprint density at radius 2 is 0.844 bits per heavy atom. The molecule has 0 aliphatic carbocycles. The summed E-state index contributed by atoms with van der Waals surface area (Å²) in [5.41, 5.74) is 2.59. The van der Waals surface area contributed by atoms with Gasteiger partial charge in [0.1, 0.15) is 17.5 Å². The number of thiocarbonyl (C=S) groups is 2. The van der Waals surface area contributed by atoms with E-state index in [1.54, 1.807) is 92.6 Å². The number of anilines is 3. The molecular formula is C60H40Cl2F8N18O6S2. The van der Waals surface area contributed by atoms with Gasteiger partial charge in [0.05, 0.1) is 70.4 Å². The number of imidazole rings is 3. The number of alkyl halides is 9. The maximum atomic E-state index is 13.6. The van der Waals surface area contributed by atoms with Gasteiger partial charge >= 0.3 is 24.2 Å². The van der Waals surface area contributed by atoms with E-state index in [0.29, 0.717) is 23.9 Å². The Labute approximate surface area is 554 Å². The highest BCUT2D eigenvalue weighted by Crippen LogP contribution is 2.36. The van der Waals surface area contributed by atoms with Crippen LogP contribution in [0.1, 0.15) is 34.7 Å². The first kappa shape index (κ1) is 67.7. The molecule has 36 heteroatoms. The minimum Gasteiger partial charge on any atom is -0.448 e. The molecule has 0 aliphatic rings. The SMILES string of the molecule is CC(F)(F)c1cc(NC(=O)C(=S)Oc2ccc(-c3cnc4cnccn34)cn2)ncc1Cl.Cc1cnc(NC(=O)C(=S)Oc2ccc(-c3cnc4cnccn34)cn2)cc1C(F)(F)F.Cc1cnc(NC(=O)C(Cl)Oc2ccc(-c3cnc4cnccn34)cn2)cc1C(F)(F)F. The Kier molecular flexibility index (Phi) is 20.1. The lowest BCUT2D eigenvalue weighted by Crippen LogP contribution is -2.29. The molecule has 96 heavy (non-hydrogen) atoms. The van der Waals surface area contributed by atoms with Crippen molar-refractivity contribution in [3.05, 3.63) is 199 Å². The standard InChI is InChI=1S/C20H14ClF3N6O2.C20H13ClF2N6O2S.C20H13F3N6O2S/c1-11-7-26-15(6-13(11)20(22,23)24)29-19(31)18(21)32-17-3-2-12(8-28-17)14-9-27-16-10-25-4-5-30(14)16;1-20(22,23)12-6-15(25-8-13(12)21)28-18(30)19(32)31-17-3-2-11(7-27-17)14-9-26-16-10-24-4-5-29(14)16;1-11-7-25-15(6-13(11)20(21,22)23)28-18(30)19(32)31-17-3-2-12(8-27-17)14-9-26-16-10-24-4-5-29(14)16/h2-10,18H,1H3,(H,26,29,31);2*2-10H,1H3,(H,25,28,30). The number of rotatable bonds is 12. The van der Waals surface area contributed by atoms with E-state index in [1.807, 2.05) is 13.2 Å². The van der Waals surface area contributed by atoms with Crippen molar-refractivity contribution in [2.75, 3.05) is 16.0 Å². The largest absolute Gasteiger partial charge is 0.448 e. The van der Waals surface area contributed by atoms with Crippen molar-refractivity contribution in [2.45, 2.75) is 44.6 Å². The van der Waals surface area contributed by atoms with E-state index in [2.05, 4.69) is 75.8 Å². The summed E-state index contributed by atoms with van der Waals surface area (Å²) in [5, 5.41) is 5.49. The number of hydrogen-bond donors (Lipinski definition) is 3. The Morgan fingerprint density at radius 1 is 0.479 bits per heavy atom. The third-order valence-corrected chi connectivity index (χ3v) is 14.2. The van der Waals surface area contributed by atoms with Crippen molar-refractivity contribution in [2.24, 2.45) is 0 Å². The Balaban J connectivity index is 0.000000157. The van der Waals surface area contributed by atoms with Crippen LogP contribution in [-0.4, -0.2) is 106 Å². The summed E-state index contributed by atoms with van der Waals surface area (Å²) in [7, 11) is 0. The van der Waals surface area contributed by atoms with Gasteiger partial charge in [-0.2, -0.15) is 26.3 Å². The molecule has 3 amide bonds. The second-order valence-corrected chi connectivity index (χ2v) is 21.4. The van der Waals surface area contributed by atoms with Crippen LogP contribution in [0, 0.1) is 13.8 Å². The van der Waals surface area contributed by atoms with Crippen molar-refractivity contribution in [3.63, 3.8) is 0 Å². The number of pyridine rings is 6. The summed E-state index contributed by atoms with van der Waals surface area (Å²) in [5.74, 6) is -6.45. The quantitative estimate of drug-likeness (QED) is 0.0582. The van der Waals surface area contributed by atoms with E-state index < -0.39 is 68.4 Å². The number of amides is 3. The van der Waals surface area contributed by atoms with E-state index in [-0.39, 0.29) is 51.2 Å². The second-order valence-electron chi connectivity index (χ2n) is 19.8. The summed E-state index contributed by atoms with van der Waals surface area (Å²) in [6.07, 6.45) is 18.5. The average Bonchev–Trinajstić information content (AvgIpc) is 1.55. The molecule has 0 aromatic carbocycles. The third-order valence-electron chi connectivity index (χ3n) is 13.1. The van der Waals surface area contributed by atoms with E-state index >= 15 is 0 Å². The van der Waals surface area contributed by atoms with E-state index in [0.717, 1.165) is 70.6 Å². The lowest BCUT2D eigenvalue weighted by atomic mass is 10.1. The van der Waals surface area contributed by atoms with Gasteiger partial charge in [0, 0.05) is 122 Å². The van der Waals surface area contributed by atoms with Gasteiger partial charge in [-0.3, -0.25) is 42.5 Å². The highest BCUT2D eigenvalue weighted by atomic mass is 35.5. The molecule has 0 radical (unpaired) electrons. The Morgan fingerprint density at radius 3 is 1.21 bits per heavy atom. The second kappa shape index (κ2) is 28.6. The molecule has 0 bridgehead atoms. The zero-order valence-corrected chi connectivity index (χ0v) is 52.1. The van der Waals surface area contributed by atoms with Crippen molar-refractivity contribution in [1.29, 1.82) is 0 Å². The van der Waals surface area contributed by atoms with Crippen LogP contribution in [0.5, 0.6) is 17.6 Å². The first-order chi connectivity index (χ1) is 45.7. The molecule has 0 saturated heterocycles. The predicted octanol–water partition coefficient (Wildman–Crippen LogP) is 12.3. The van der Waals surface area contributed by atoms with Gasteiger partial charge < -0.3 is 30.2 Å². The zero-order chi connectivity index (χ0) is 68.6. The highest BCUT2D eigenvalue weighted by Gasteiger charge is 2.35. The van der Waals surface area contributed by atoms with Crippen LogP contribution in [0.25, 0.3) is 50.7 Å². The number of carbonyl (C=O) groups is 3. The van der Waals surface area contributed by atoms with Crippen molar-refractivity contribution in [1.82, 2.24) is 73.0 Å². The van der Waals surface area contributed by atoms with Crippen LogP contribution >= 0.6 is 47.6 Å². The molecule has 0 aliphatic heterocycles. The molecule has 0 saturated carbocycles. The number of nitrogens with zero attached hydrogens (tertiary/aromatic N) is 15. The lowest BCUT2D eigenvalue weighted by molar-refractivity contribution is -0.138. The maximum absolute atomic E-state index is 13.6. The number of fused-ring (bicyclic) bond motifs is 3. The summed E-state index contributed by atoms with van der Waals surface area (Å²) in [6, 6.07) is 12.1. The Bertz CT molecular complexity index is 4680. The van der Waals surface area contributed by atoms with Gasteiger partial charge in [-0.1, -0.05) is 23.2 Å². The molecule has 24 nitrogen and oxygen atoms in total. The molecule has 0 spiro atoms. The molecule has 488 valence electrons. The number of nitrogens with one attached hydrogen (secondary N) is 3. The van der Waals surface area contributed by atoms with Crippen LogP contribution < -0.4 is 30.2 Å². The molecule has 1 unspecified atom stereocenters. The minimum atomic E-state index is -4.58. The van der Waals surface area contributed by atoms with Gasteiger partial charge in [-0.15, -0.1) is 0 Å². The summed E-state index contributed by atoms with van der Waals surface area (Å²) >= 11 is 21.6. The van der Waals surface area contributed by atoms with Crippen LogP contribution in [0.3, 0.4) is 0 Å². The van der Waals surface area contributed by atoms with E-state index in [9.17, 15) is 49.5 Å². The van der Waals surface area contributed by atoms with Crippen molar-refractivity contribution in [3.8, 4) is 51.4 Å². The summed E-state index contributed by atoms with van der Waals surface area (Å²) in [4.78, 5) is 85.2. The highest BCUT2D eigenvalue weighted by molar-refractivity contribution is 7.82. The van der Waals surface area contributed by atoms with E-state index in [1.165, 1.54) is 50.6 Å². The fraction of sp³-hybridized carbons (Fsp3) is 0.117. The van der Waals surface area contributed by atoms with Crippen LogP contribution in [0.2, 0.25) is 5.02 Å². The lowest BCUT2D eigenvalue weighted by Gasteiger charge is -2.14. The number of carbonyl (C=O) groups excluding carboxylic acids is 3. The third kappa shape index (κ3) is 16.4. The van der Waals surface area contributed by atoms with Crippen molar-refractivity contribution >= 4 is 110 Å². The zero-order valence-electron chi connectivity index (χ0n) is 48.9. The number of aryl methyl sites for hydroxylation is 2. The fourth-order valence-corrected chi connectivity index (χ4v) is 9.24. The normalized spacial score (nSPS) is 11.8. The average molecular weight is 1400 g/mol. The van der Waals surface area contributed by atoms with Crippen molar-refractivity contribution < 1.29 is 63.7 Å². The van der Waals surface area contributed by atoms with Gasteiger partial charge in [-0.25, -0.2) is 53.6 Å². The van der Waals surface area contributed by atoms with Gasteiger partial charge in [-0.05, 0) is 85.8 Å².